The van der Waals surface area contributed by atoms with Crippen LogP contribution in [0.4, 0.5) is 17.1 Å². The molecule has 7 heteroatoms. The third-order valence-electron chi connectivity index (χ3n) is 5.94. The zero-order valence-corrected chi connectivity index (χ0v) is 20.1. The first-order valence-corrected chi connectivity index (χ1v) is 11.5. The lowest BCUT2D eigenvalue weighted by Crippen LogP contribution is -2.40. The molecule has 3 amide bonds. The molecule has 1 N–H and O–H groups in total. The second kappa shape index (κ2) is 10.3. The van der Waals surface area contributed by atoms with E-state index in [4.69, 9.17) is 4.99 Å². The van der Waals surface area contributed by atoms with Gasteiger partial charge in [-0.15, -0.1) is 0 Å². The molecule has 1 aliphatic heterocycles. The Hall–Kier alpha value is -4.26. The molecule has 0 aromatic heterocycles. The Morgan fingerprint density at radius 3 is 2.20 bits per heavy atom. The Morgan fingerprint density at radius 2 is 1.54 bits per heavy atom. The number of hydrogen-bond acceptors (Lipinski definition) is 4. The molecule has 3 aromatic carbocycles. The first-order chi connectivity index (χ1) is 16.9. The maximum atomic E-state index is 13.0. The number of nitrogens with zero attached hydrogens (tertiary/aromatic N) is 3. The van der Waals surface area contributed by atoms with Crippen LogP contribution >= 0.6 is 0 Å². The highest BCUT2D eigenvalue weighted by Gasteiger charge is 2.35. The Labute approximate surface area is 205 Å². The van der Waals surface area contributed by atoms with Gasteiger partial charge in [0.2, 0.25) is 17.7 Å². The lowest BCUT2D eigenvalue weighted by molar-refractivity contribution is -0.129. The fourth-order valence-corrected chi connectivity index (χ4v) is 4.02. The predicted octanol–water partition coefficient (Wildman–Crippen LogP) is 4.37. The van der Waals surface area contributed by atoms with Gasteiger partial charge in [0.25, 0.3) is 0 Å². The molecule has 1 heterocycles. The van der Waals surface area contributed by atoms with E-state index >= 15 is 0 Å². The number of amides is 3. The number of likely N-dealkylation sites (N-methyl/N-ethyl adjacent to an activating group) is 1. The van der Waals surface area contributed by atoms with Crippen molar-refractivity contribution in [3.63, 3.8) is 0 Å². The molecule has 0 saturated carbocycles. The van der Waals surface area contributed by atoms with Crippen molar-refractivity contribution in [1.29, 1.82) is 0 Å². The molecule has 4 rings (SSSR count). The van der Waals surface area contributed by atoms with Gasteiger partial charge >= 0.3 is 0 Å². The summed E-state index contributed by atoms with van der Waals surface area (Å²) in [5, 5.41) is 2.95. The van der Waals surface area contributed by atoms with E-state index in [1.54, 1.807) is 45.3 Å². The van der Waals surface area contributed by atoms with Crippen molar-refractivity contribution in [1.82, 2.24) is 4.90 Å². The van der Waals surface area contributed by atoms with E-state index in [0.29, 0.717) is 17.1 Å². The summed E-state index contributed by atoms with van der Waals surface area (Å²) in [6.07, 6.45) is 0.287. The van der Waals surface area contributed by atoms with E-state index in [1.165, 1.54) is 9.80 Å². The van der Waals surface area contributed by atoms with Crippen molar-refractivity contribution in [2.45, 2.75) is 19.3 Å². The molecule has 1 aliphatic rings. The number of carbonyl (C=O) groups is 3. The summed E-state index contributed by atoms with van der Waals surface area (Å²) < 4.78 is 0. The highest BCUT2D eigenvalue weighted by molar-refractivity contribution is 6.24. The minimum atomic E-state index is -0.538. The van der Waals surface area contributed by atoms with Crippen molar-refractivity contribution in [3.8, 4) is 0 Å². The largest absolute Gasteiger partial charge is 0.347 e. The van der Waals surface area contributed by atoms with Gasteiger partial charge in [0.1, 0.15) is 12.5 Å². The van der Waals surface area contributed by atoms with Crippen molar-refractivity contribution >= 4 is 40.5 Å². The zero-order chi connectivity index (χ0) is 24.9. The van der Waals surface area contributed by atoms with Crippen LogP contribution in [0.1, 0.15) is 30.4 Å². The molecule has 0 fully saturated rings. The van der Waals surface area contributed by atoms with Crippen molar-refractivity contribution < 1.29 is 14.4 Å². The van der Waals surface area contributed by atoms with Gasteiger partial charge in [-0.05, 0) is 41.5 Å². The number of aliphatic imine (C=N–C) groups is 1. The summed E-state index contributed by atoms with van der Waals surface area (Å²) in [5.74, 6) is -0.955. The van der Waals surface area contributed by atoms with Gasteiger partial charge in [0, 0.05) is 31.9 Å². The first kappa shape index (κ1) is 23.9. The summed E-state index contributed by atoms with van der Waals surface area (Å²) in [6.45, 7) is 1.74. The Morgan fingerprint density at radius 1 is 0.886 bits per heavy atom. The van der Waals surface area contributed by atoms with E-state index in [0.717, 1.165) is 16.8 Å². The van der Waals surface area contributed by atoms with E-state index in [1.807, 2.05) is 54.6 Å². The molecule has 178 valence electrons. The molecule has 0 spiro atoms. The van der Waals surface area contributed by atoms with Crippen LogP contribution in [-0.2, 0) is 14.4 Å². The minimum Gasteiger partial charge on any atom is -0.347 e. The maximum absolute atomic E-state index is 13.0. The Kier molecular flexibility index (Phi) is 7.06. The first-order valence-electron chi connectivity index (χ1n) is 11.5. The van der Waals surface area contributed by atoms with E-state index < -0.39 is 5.92 Å². The normalized spacial score (nSPS) is 14.8. The molecule has 1 atom stereocenters. The number of benzene rings is 3. The van der Waals surface area contributed by atoms with Crippen LogP contribution in [-0.4, -0.2) is 49.0 Å². The molecule has 7 nitrogen and oxygen atoms in total. The summed E-state index contributed by atoms with van der Waals surface area (Å²) >= 11 is 0. The summed E-state index contributed by atoms with van der Waals surface area (Å²) in [6, 6.07) is 24.4. The number of nitrogens with one attached hydrogen (secondary N) is 1. The van der Waals surface area contributed by atoms with Gasteiger partial charge in [-0.25, -0.2) is 0 Å². The standard InChI is InChI=1S/C28H28N4O3/c1-4-24(33)32(18-25(34)31(2)3)21-16-14-20(15-17-21)29-27(19-10-6-5-7-11-19)26-22-12-8-9-13-23(22)30-28(26)35/h5-17,26H,4,18H2,1-3H3,(H,30,35). The number of anilines is 2. The van der Waals surface area contributed by atoms with Gasteiger partial charge in [0.05, 0.1) is 11.4 Å². The van der Waals surface area contributed by atoms with Crippen LogP contribution in [0, 0.1) is 0 Å². The van der Waals surface area contributed by atoms with Gasteiger partial charge in [-0.2, -0.15) is 0 Å². The predicted molar refractivity (Wildman–Crippen MR) is 138 cm³/mol. The smallest absolute Gasteiger partial charge is 0.242 e. The molecule has 0 bridgehead atoms. The number of para-hydroxylation sites is 1. The summed E-state index contributed by atoms with van der Waals surface area (Å²) in [4.78, 5) is 45.6. The van der Waals surface area contributed by atoms with Gasteiger partial charge in [-0.1, -0.05) is 55.5 Å². The van der Waals surface area contributed by atoms with Crippen LogP contribution in [0.2, 0.25) is 0 Å². The SMILES string of the molecule is CCC(=O)N(CC(=O)N(C)C)c1ccc(N=C(c2ccccc2)C2C(=O)Nc3ccccc32)cc1. The molecule has 35 heavy (non-hydrogen) atoms. The van der Waals surface area contributed by atoms with Crippen LogP contribution in [0.3, 0.4) is 0 Å². The van der Waals surface area contributed by atoms with Crippen molar-refractivity contribution in [2.24, 2.45) is 4.99 Å². The van der Waals surface area contributed by atoms with Gasteiger partial charge in [-0.3, -0.25) is 19.4 Å². The fraction of sp³-hybridized carbons (Fsp3) is 0.214. The molecular weight excluding hydrogens is 440 g/mol. The number of fused-ring (bicyclic) bond motifs is 1. The van der Waals surface area contributed by atoms with E-state index in [9.17, 15) is 14.4 Å². The average molecular weight is 469 g/mol. The van der Waals surface area contributed by atoms with Gasteiger partial charge in [0.15, 0.2) is 0 Å². The zero-order valence-electron chi connectivity index (χ0n) is 20.1. The minimum absolute atomic E-state index is 0.0312. The third kappa shape index (κ3) is 5.14. The Balaban J connectivity index is 1.72. The Bertz CT molecular complexity index is 1270. The number of rotatable bonds is 7. The second-order valence-electron chi connectivity index (χ2n) is 8.51. The highest BCUT2D eigenvalue weighted by atomic mass is 16.2. The van der Waals surface area contributed by atoms with Crippen LogP contribution in [0.25, 0.3) is 0 Å². The highest BCUT2D eigenvalue weighted by Crippen LogP contribution is 2.36. The van der Waals surface area contributed by atoms with E-state index in [2.05, 4.69) is 5.32 Å². The number of hydrogen-bond donors (Lipinski definition) is 1. The molecular formula is C28H28N4O3. The molecule has 0 radical (unpaired) electrons. The summed E-state index contributed by atoms with van der Waals surface area (Å²) in [7, 11) is 3.33. The van der Waals surface area contributed by atoms with Gasteiger partial charge < -0.3 is 15.1 Å². The van der Waals surface area contributed by atoms with Crippen LogP contribution in [0.5, 0.6) is 0 Å². The maximum Gasteiger partial charge on any atom is 0.242 e. The van der Waals surface area contributed by atoms with Crippen molar-refractivity contribution in [2.75, 3.05) is 30.9 Å². The number of carbonyl (C=O) groups excluding carboxylic acids is 3. The fourth-order valence-electron chi connectivity index (χ4n) is 4.02. The lowest BCUT2D eigenvalue weighted by Gasteiger charge is -2.23. The lowest BCUT2D eigenvalue weighted by atomic mass is 9.90. The molecule has 0 saturated heterocycles. The summed E-state index contributed by atoms with van der Waals surface area (Å²) in [5.41, 5.74) is 4.45. The molecule has 0 aliphatic carbocycles. The molecule has 1 unspecified atom stereocenters. The topological polar surface area (TPSA) is 82.1 Å². The third-order valence-corrected chi connectivity index (χ3v) is 5.94. The second-order valence-corrected chi connectivity index (χ2v) is 8.51. The van der Waals surface area contributed by atoms with Crippen molar-refractivity contribution in [3.05, 3.63) is 90.0 Å². The average Bonchev–Trinajstić information content (AvgIpc) is 3.21. The molecule has 3 aromatic rings. The van der Waals surface area contributed by atoms with Crippen LogP contribution < -0.4 is 10.2 Å². The van der Waals surface area contributed by atoms with E-state index in [-0.39, 0.29) is 30.7 Å². The monoisotopic (exact) mass is 468 g/mol. The van der Waals surface area contributed by atoms with Crippen LogP contribution in [0.15, 0.2) is 83.9 Å². The quantitative estimate of drug-likeness (QED) is 0.523.